The highest BCUT2D eigenvalue weighted by molar-refractivity contribution is 6.42. The second-order valence-corrected chi connectivity index (χ2v) is 9.39. The lowest BCUT2D eigenvalue weighted by atomic mass is 9.69. The number of ether oxygens (including phenoxy) is 2. The van der Waals surface area contributed by atoms with Crippen molar-refractivity contribution >= 4 is 52.4 Å². The monoisotopic (exact) mass is 528 g/mol. The van der Waals surface area contributed by atoms with Gasteiger partial charge >= 0.3 is 5.97 Å². The van der Waals surface area contributed by atoms with E-state index >= 15 is 0 Å². The number of phenolic OH excluding ortho intramolecular Hbond substituents is 1. The van der Waals surface area contributed by atoms with E-state index < -0.39 is 23.6 Å². The molecule has 0 saturated heterocycles. The predicted molar refractivity (Wildman–Crippen MR) is 129 cm³/mol. The Hall–Kier alpha value is -2.05. The van der Waals surface area contributed by atoms with Gasteiger partial charge in [-0.2, -0.15) is 0 Å². The van der Waals surface area contributed by atoms with Crippen LogP contribution < -0.4 is 4.74 Å². The number of phenols is 1. The van der Waals surface area contributed by atoms with Gasteiger partial charge in [-0.25, -0.2) is 4.79 Å². The molecule has 2 aliphatic heterocycles. The number of rotatable bonds is 0. The molecule has 2 heterocycles. The summed E-state index contributed by atoms with van der Waals surface area (Å²) in [7, 11) is 0. The van der Waals surface area contributed by atoms with Crippen molar-refractivity contribution in [1.82, 2.24) is 0 Å². The molecular formula is C24H20Cl4O5. The lowest BCUT2D eigenvalue weighted by Crippen LogP contribution is -2.50. The maximum atomic E-state index is 13.0. The largest absolute Gasteiger partial charge is 0.506 e. The van der Waals surface area contributed by atoms with E-state index in [0.29, 0.717) is 22.3 Å². The normalized spacial score (nSPS) is 24.7. The third-order valence-electron chi connectivity index (χ3n) is 6.09. The Balaban J connectivity index is 0.00000126. The molecule has 0 fully saturated rings. The first-order valence-electron chi connectivity index (χ1n) is 10.3. The highest BCUT2D eigenvalue weighted by Gasteiger charge is 2.61. The first kappa shape index (κ1) is 24.1. The molecular weight excluding hydrogens is 510 g/mol. The van der Waals surface area contributed by atoms with Crippen LogP contribution in [0.5, 0.6) is 11.5 Å². The van der Waals surface area contributed by atoms with E-state index in [9.17, 15) is 15.0 Å². The highest BCUT2D eigenvalue weighted by atomic mass is 35.5. The summed E-state index contributed by atoms with van der Waals surface area (Å²) in [5.41, 5.74) is 0.605. The van der Waals surface area contributed by atoms with E-state index in [1.54, 1.807) is 26.0 Å². The van der Waals surface area contributed by atoms with Gasteiger partial charge in [-0.05, 0) is 37.6 Å². The Morgan fingerprint density at radius 1 is 0.939 bits per heavy atom. The van der Waals surface area contributed by atoms with E-state index in [1.807, 2.05) is 13.8 Å². The number of aliphatic hydroxyl groups excluding tert-OH is 1. The van der Waals surface area contributed by atoms with Crippen molar-refractivity contribution in [2.75, 3.05) is 0 Å². The molecule has 2 aromatic rings. The third-order valence-corrected chi connectivity index (χ3v) is 7.50. The lowest BCUT2D eigenvalue weighted by molar-refractivity contribution is -0.0440. The van der Waals surface area contributed by atoms with Crippen LogP contribution in [0.2, 0.25) is 15.1 Å². The number of hydrogen-bond acceptors (Lipinski definition) is 5. The summed E-state index contributed by atoms with van der Waals surface area (Å²) in [6, 6.07) is 4.56. The Kier molecular flexibility index (Phi) is 6.07. The standard InChI is InChI=1S/C22H14Cl4O5.C2H6/c1-7-3-11-20(16(26)17(7)27)30-19-8(2)18(28)15(25)6-12(19)22(11)10-5-14(24)13(23)4-9(10)21(29)31-22;1-2/h3-6,11,20,27-28H,1-2H3;1-2H3. The quantitative estimate of drug-likeness (QED) is 0.346. The molecule has 1 spiro atoms. The number of carbonyl (C=O) groups excluding carboxylic acids is 1. The smallest absolute Gasteiger partial charge is 0.339 e. The molecule has 33 heavy (non-hydrogen) atoms. The minimum atomic E-state index is -1.41. The maximum Gasteiger partial charge on any atom is 0.339 e. The molecule has 5 nitrogen and oxygen atoms in total. The maximum absolute atomic E-state index is 13.0. The van der Waals surface area contributed by atoms with E-state index in [4.69, 9.17) is 55.9 Å². The van der Waals surface area contributed by atoms with Gasteiger partial charge in [0, 0.05) is 16.7 Å². The van der Waals surface area contributed by atoms with Crippen molar-refractivity contribution < 1.29 is 24.5 Å². The summed E-state index contributed by atoms with van der Waals surface area (Å²) >= 11 is 25.3. The van der Waals surface area contributed by atoms with E-state index in [2.05, 4.69) is 0 Å². The van der Waals surface area contributed by atoms with Gasteiger partial charge in [-0.1, -0.05) is 66.3 Å². The number of aromatic hydroxyl groups is 1. The number of carbonyl (C=O) groups is 1. The Morgan fingerprint density at radius 2 is 1.55 bits per heavy atom. The molecule has 3 aliphatic rings. The number of benzene rings is 2. The molecule has 174 valence electrons. The van der Waals surface area contributed by atoms with Gasteiger partial charge in [0.1, 0.15) is 28.4 Å². The van der Waals surface area contributed by atoms with Gasteiger partial charge in [-0.15, -0.1) is 0 Å². The number of allylic oxidation sites excluding steroid dienone is 1. The van der Waals surface area contributed by atoms with Crippen molar-refractivity contribution in [2.24, 2.45) is 5.92 Å². The molecule has 2 aromatic carbocycles. The van der Waals surface area contributed by atoms with Crippen LogP contribution in [0.3, 0.4) is 0 Å². The van der Waals surface area contributed by atoms with Crippen LogP contribution in [0.25, 0.3) is 0 Å². The summed E-state index contributed by atoms with van der Waals surface area (Å²) in [4.78, 5) is 13.0. The molecule has 2 N–H and O–H groups in total. The summed E-state index contributed by atoms with van der Waals surface area (Å²) in [5.74, 6) is -1.27. The summed E-state index contributed by atoms with van der Waals surface area (Å²) in [5, 5.41) is 21.4. The van der Waals surface area contributed by atoms with Gasteiger partial charge in [0.05, 0.1) is 26.5 Å². The number of fused-ring (bicyclic) bond motifs is 6. The van der Waals surface area contributed by atoms with E-state index in [0.717, 1.165) is 0 Å². The van der Waals surface area contributed by atoms with Crippen molar-refractivity contribution in [3.05, 3.63) is 78.0 Å². The third kappa shape index (κ3) is 3.24. The van der Waals surface area contributed by atoms with Crippen LogP contribution in [0.1, 0.15) is 47.8 Å². The van der Waals surface area contributed by atoms with Gasteiger partial charge in [-0.3, -0.25) is 0 Å². The van der Waals surface area contributed by atoms with Crippen LogP contribution in [0.15, 0.2) is 40.6 Å². The highest BCUT2D eigenvalue weighted by Crippen LogP contribution is 2.60. The van der Waals surface area contributed by atoms with Crippen LogP contribution in [-0.2, 0) is 10.3 Å². The Labute approximate surface area is 211 Å². The number of hydrogen-bond donors (Lipinski definition) is 2. The van der Waals surface area contributed by atoms with Gasteiger partial charge in [0.25, 0.3) is 0 Å². The Bertz CT molecular complexity index is 1270. The number of halogens is 4. The fourth-order valence-electron chi connectivity index (χ4n) is 4.58. The summed E-state index contributed by atoms with van der Waals surface area (Å²) in [6.45, 7) is 7.32. The van der Waals surface area contributed by atoms with E-state index in [1.165, 1.54) is 12.1 Å². The molecule has 0 amide bonds. The molecule has 1 aliphatic carbocycles. The van der Waals surface area contributed by atoms with Crippen LogP contribution >= 0.6 is 46.4 Å². The zero-order chi connectivity index (χ0) is 24.4. The molecule has 3 unspecified atom stereocenters. The van der Waals surface area contributed by atoms with Crippen molar-refractivity contribution in [3.63, 3.8) is 0 Å². The van der Waals surface area contributed by atoms with Gasteiger partial charge in [0.15, 0.2) is 5.60 Å². The predicted octanol–water partition coefficient (Wildman–Crippen LogP) is 7.45. The molecule has 5 rings (SSSR count). The molecule has 0 radical (unpaired) electrons. The zero-order valence-electron chi connectivity index (χ0n) is 18.1. The van der Waals surface area contributed by atoms with Crippen molar-refractivity contribution in [1.29, 1.82) is 0 Å². The van der Waals surface area contributed by atoms with Crippen LogP contribution in [0.4, 0.5) is 0 Å². The second-order valence-electron chi connectivity index (χ2n) is 7.76. The SMILES string of the molecule is CC.CC1=CC2C(Oc3c(cc(Cl)c(O)c3C)C23OC(=O)c2cc(Cl)c(Cl)cc23)C(Cl)=C1O. The van der Waals surface area contributed by atoms with Crippen molar-refractivity contribution in [3.8, 4) is 11.5 Å². The van der Waals surface area contributed by atoms with E-state index in [-0.39, 0.29) is 42.9 Å². The second kappa shape index (κ2) is 8.31. The van der Waals surface area contributed by atoms with Gasteiger partial charge in [0.2, 0.25) is 0 Å². The van der Waals surface area contributed by atoms with Gasteiger partial charge < -0.3 is 19.7 Å². The van der Waals surface area contributed by atoms with Crippen LogP contribution in [-0.4, -0.2) is 22.3 Å². The number of esters is 1. The molecule has 9 heteroatoms. The number of aliphatic hydroxyl groups is 1. The molecule has 0 bridgehead atoms. The first-order chi connectivity index (χ1) is 15.6. The van der Waals surface area contributed by atoms with Crippen LogP contribution in [0, 0.1) is 12.8 Å². The fraction of sp³-hybridized carbons (Fsp3) is 0.292. The summed E-state index contributed by atoms with van der Waals surface area (Å²) < 4.78 is 12.2. The lowest BCUT2D eigenvalue weighted by Gasteiger charge is -2.46. The molecule has 0 saturated carbocycles. The average molecular weight is 530 g/mol. The minimum Gasteiger partial charge on any atom is -0.506 e. The van der Waals surface area contributed by atoms with Crippen molar-refractivity contribution in [2.45, 2.75) is 39.4 Å². The fourth-order valence-corrected chi connectivity index (χ4v) is 5.49. The Morgan fingerprint density at radius 3 is 2.21 bits per heavy atom. The zero-order valence-corrected chi connectivity index (χ0v) is 21.1. The molecule has 0 aromatic heterocycles. The first-order valence-corrected chi connectivity index (χ1v) is 11.8. The minimum absolute atomic E-state index is 0.0634. The topological polar surface area (TPSA) is 76.0 Å². The summed E-state index contributed by atoms with van der Waals surface area (Å²) in [6.07, 6.45) is 0.862. The average Bonchev–Trinajstić information content (AvgIpc) is 3.06. The molecule has 3 atom stereocenters.